The number of carbonyl (C=O) groups excluding carboxylic acids is 1. The van der Waals surface area contributed by atoms with Crippen molar-refractivity contribution in [2.75, 3.05) is 19.8 Å². The Bertz CT molecular complexity index is 1150. The van der Waals surface area contributed by atoms with Gasteiger partial charge in [0, 0.05) is 36.7 Å². The number of halogens is 2. The molecule has 3 aromatic heterocycles. The Balaban J connectivity index is 1.50. The van der Waals surface area contributed by atoms with Crippen molar-refractivity contribution in [3.8, 4) is 11.3 Å². The third-order valence-electron chi connectivity index (χ3n) is 5.83. The predicted molar refractivity (Wildman–Crippen MR) is 115 cm³/mol. The Kier molecular flexibility index (Phi) is 5.79. The van der Waals surface area contributed by atoms with Crippen LogP contribution in [0.3, 0.4) is 0 Å². The van der Waals surface area contributed by atoms with Crippen LogP contribution in [0.15, 0.2) is 22.2 Å². The number of nitrogens with one attached hydrogen (secondary N) is 1. The summed E-state index contributed by atoms with van der Waals surface area (Å²) >= 11 is 1.37. The summed E-state index contributed by atoms with van der Waals surface area (Å²) in [6.07, 6.45) is 3.74. The van der Waals surface area contributed by atoms with Gasteiger partial charge in [-0.05, 0) is 5.92 Å². The van der Waals surface area contributed by atoms with Crippen molar-refractivity contribution < 1.29 is 27.5 Å². The zero-order chi connectivity index (χ0) is 23.2. The van der Waals surface area contributed by atoms with Crippen molar-refractivity contribution in [3.63, 3.8) is 0 Å². The maximum absolute atomic E-state index is 14.9. The number of rotatable bonds is 6. The Labute approximate surface area is 192 Å². The van der Waals surface area contributed by atoms with Crippen LogP contribution in [0.2, 0.25) is 0 Å². The minimum absolute atomic E-state index is 0.000447. The first-order valence-corrected chi connectivity index (χ1v) is 11.7. The van der Waals surface area contributed by atoms with E-state index < -0.39 is 17.4 Å². The highest BCUT2D eigenvalue weighted by molar-refractivity contribution is 7.09. The summed E-state index contributed by atoms with van der Waals surface area (Å²) in [6.45, 7) is 4.88. The number of amides is 1. The second kappa shape index (κ2) is 8.62. The average Bonchev–Trinajstić information content (AvgIpc) is 3.50. The number of ether oxygens (including phenoxy) is 2. The van der Waals surface area contributed by atoms with Crippen LogP contribution in [-0.4, -0.2) is 46.6 Å². The van der Waals surface area contributed by atoms with Gasteiger partial charge in [-0.15, -0.1) is 11.3 Å². The van der Waals surface area contributed by atoms with Gasteiger partial charge in [0.15, 0.2) is 0 Å². The number of hydrogen-bond acceptors (Lipinski definition) is 7. The fraction of sp³-hybridized carbons (Fsp3) is 0.500. The van der Waals surface area contributed by atoms with Gasteiger partial charge in [0.25, 0.3) is 11.8 Å². The predicted octanol–water partition coefficient (Wildman–Crippen LogP) is 3.72. The molecule has 0 radical (unpaired) electrons. The van der Waals surface area contributed by atoms with E-state index in [0.29, 0.717) is 49.2 Å². The number of fused-ring (bicyclic) bond motifs is 3. The summed E-state index contributed by atoms with van der Waals surface area (Å²) in [6, 6.07) is 0. The molecule has 33 heavy (non-hydrogen) atoms. The summed E-state index contributed by atoms with van der Waals surface area (Å²) in [5, 5.41) is 9.72. The van der Waals surface area contributed by atoms with E-state index in [1.807, 2.05) is 13.1 Å². The standard InChI is InChI=1S/C22H24F2N4O4S/c1-12-7-15-17(19-14(12)10-28(27-19)9-13-11-30-4-5-31-13)18(22(2,23)24)20(32-15)21(29)26-8-16-25-3-6-33-16/h3,6,10,12-13H,4-5,7-9,11H2,1-2H3,(H,26,29)/t12-,13+/m1/s1. The Morgan fingerprint density at radius 3 is 2.94 bits per heavy atom. The molecule has 1 amide bonds. The van der Waals surface area contributed by atoms with Crippen molar-refractivity contribution in [2.24, 2.45) is 0 Å². The molecule has 1 fully saturated rings. The lowest BCUT2D eigenvalue weighted by Gasteiger charge is -2.22. The molecule has 3 aromatic rings. The second-order valence-electron chi connectivity index (χ2n) is 8.43. The van der Waals surface area contributed by atoms with E-state index in [2.05, 4.69) is 15.4 Å². The van der Waals surface area contributed by atoms with E-state index in [9.17, 15) is 13.6 Å². The summed E-state index contributed by atoms with van der Waals surface area (Å²) in [5.74, 6) is -4.01. The number of hydrogen-bond donors (Lipinski definition) is 1. The monoisotopic (exact) mass is 478 g/mol. The topological polar surface area (TPSA) is 91.4 Å². The zero-order valence-corrected chi connectivity index (χ0v) is 19.1. The molecule has 11 heteroatoms. The molecule has 2 aliphatic rings. The largest absolute Gasteiger partial charge is 0.455 e. The summed E-state index contributed by atoms with van der Waals surface area (Å²) in [7, 11) is 0. The summed E-state index contributed by atoms with van der Waals surface area (Å²) < 4.78 is 48.4. The first-order chi connectivity index (χ1) is 15.8. The van der Waals surface area contributed by atoms with Gasteiger partial charge in [0.1, 0.15) is 16.9 Å². The van der Waals surface area contributed by atoms with Gasteiger partial charge in [-0.25, -0.2) is 13.8 Å². The molecule has 0 aromatic carbocycles. The van der Waals surface area contributed by atoms with Crippen LogP contribution < -0.4 is 5.32 Å². The molecule has 0 saturated carbocycles. The minimum Gasteiger partial charge on any atom is -0.455 e. The molecule has 4 heterocycles. The van der Waals surface area contributed by atoms with Crippen LogP contribution in [0.25, 0.3) is 11.3 Å². The van der Waals surface area contributed by atoms with Crippen molar-refractivity contribution in [1.29, 1.82) is 0 Å². The lowest BCUT2D eigenvalue weighted by molar-refractivity contribution is -0.0946. The normalized spacial score (nSPS) is 20.4. The minimum atomic E-state index is -3.30. The van der Waals surface area contributed by atoms with Crippen LogP contribution in [0.4, 0.5) is 8.78 Å². The third-order valence-corrected chi connectivity index (χ3v) is 6.61. The molecule has 0 spiro atoms. The van der Waals surface area contributed by atoms with Gasteiger partial charge < -0.3 is 19.2 Å². The van der Waals surface area contributed by atoms with Gasteiger partial charge in [-0.1, -0.05) is 6.92 Å². The smallest absolute Gasteiger partial charge is 0.287 e. The molecule has 5 rings (SSSR count). The molecule has 8 nitrogen and oxygen atoms in total. The Hall–Kier alpha value is -2.63. The van der Waals surface area contributed by atoms with Crippen molar-refractivity contribution in [2.45, 2.75) is 51.3 Å². The zero-order valence-electron chi connectivity index (χ0n) is 18.3. The number of carbonyl (C=O) groups is 1. The number of nitrogens with zero attached hydrogens (tertiary/aromatic N) is 3. The lowest BCUT2D eigenvalue weighted by Crippen LogP contribution is -2.32. The Morgan fingerprint density at radius 2 is 2.24 bits per heavy atom. The van der Waals surface area contributed by atoms with E-state index in [1.165, 1.54) is 11.3 Å². The van der Waals surface area contributed by atoms with Crippen LogP contribution >= 0.6 is 11.3 Å². The van der Waals surface area contributed by atoms with Crippen LogP contribution in [0.1, 0.15) is 52.2 Å². The molecule has 2 atom stereocenters. The molecular formula is C22H24F2N4O4S. The highest BCUT2D eigenvalue weighted by atomic mass is 32.1. The number of alkyl halides is 2. The van der Waals surface area contributed by atoms with Crippen LogP contribution in [0.5, 0.6) is 0 Å². The van der Waals surface area contributed by atoms with Crippen LogP contribution in [-0.2, 0) is 34.9 Å². The third kappa shape index (κ3) is 4.32. The maximum atomic E-state index is 14.9. The van der Waals surface area contributed by atoms with E-state index in [-0.39, 0.29) is 29.9 Å². The number of aromatic nitrogens is 3. The van der Waals surface area contributed by atoms with Gasteiger partial charge in [-0.3, -0.25) is 9.48 Å². The van der Waals surface area contributed by atoms with Crippen molar-refractivity contribution in [1.82, 2.24) is 20.1 Å². The summed E-state index contributed by atoms with van der Waals surface area (Å²) in [4.78, 5) is 17.0. The average molecular weight is 479 g/mol. The maximum Gasteiger partial charge on any atom is 0.287 e. The SMILES string of the molecule is C[C@@H]1Cc2oc(C(=O)NCc3nccs3)c(C(C)(F)F)c2-c2nn(C[C@H]3COCCO3)cc21. The van der Waals surface area contributed by atoms with E-state index >= 15 is 0 Å². The second-order valence-corrected chi connectivity index (χ2v) is 9.41. The molecular weight excluding hydrogens is 454 g/mol. The van der Waals surface area contributed by atoms with Crippen LogP contribution in [0, 0.1) is 0 Å². The van der Waals surface area contributed by atoms with E-state index in [0.717, 1.165) is 12.5 Å². The number of thiazole rings is 1. The first-order valence-electron chi connectivity index (χ1n) is 10.8. The number of furan rings is 1. The van der Waals surface area contributed by atoms with Gasteiger partial charge >= 0.3 is 0 Å². The molecule has 1 aliphatic heterocycles. The van der Waals surface area contributed by atoms with Crippen molar-refractivity contribution in [3.05, 3.63) is 45.4 Å². The van der Waals surface area contributed by atoms with E-state index in [1.54, 1.807) is 16.3 Å². The fourth-order valence-electron chi connectivity index (χ4n) is 4.35. The summed E-state index contributed by atoms with van der Waals surface area (Å²) in [5.41, 5.74) is 1.07. The highest BCUT2D eigenvalue weighted by Crippen LogP contribution is 2.48. The highest BCUT2D eigenvalue weighted by Gasteiger charge is 2.43. The molecule has 0 bridgehead atoms. The molecule has 0 unspecified atom stereocenters. The molecule has 1 aliphatic carbocycles. The quantitative estimate of drug-likeness (QED) is 0.581. The van der Waals surface area contributed by atoms with Gasteiger partial charge in [0.05, 0.1) is 49.7 Å². The van der Waals surface area contributed by atoms with Gasteiger partial charge in [0.2, 0.25) is 5.76 Å². The van der Waals surface area contributed by atoms with E-state index in [4.69, 9.17) is 13.9 Å². The molecule has 1 saturated heterocycles. The molecule has 1 N–H and O–H groups in total. The Morgan fingerprint density at radius 1 is 1.39 bits per heavy atom. The lowest BCUT2D eigenvalue weighted by atomic mass is 9.85. The van der Waals surface area contributed by atoms with Gasteiger partial charge in [-0.2, -0.15) is 5.10 Å². The molecule has 176 valence electrons. The van der Waals surface area contributed by atoms with Crippen molar-refractivity contribution >= 4 is 17.2 Å². The fourth-order valence-corrected chi connectivity index (χ4v) is 4.91. The first kappa shape index (κ1) is 22.2.